The van der Waals surface area contributed by atoms with Crippen LogP contribution in [0.1, 0.15) is 26.3 Å². The van der Waals surface area contributed by atoms with E-state index >= 15 is 0 Å². The van der Waals surface area contributed by atoms with Gasteiger partial charge in [0, 0.05) is 29.9 Å². The Morgan fingerprint density at radius 2 is 1.74 bits per heavy atom. The van der Waals surface area contributed by atoms with Crippen LogP contribution >= 0.6 is 11.3 Å². The maximum absolute atomic E-state index is 13.1. The van der Waals surface area contributed by atoms with E-state index in [0.717, 1.165) is 32.7 Å². The molecule has 3 aromatic carbocycles. The molecule has 1 N–H and O–H groups in total. The quantitative estimate of drug-likeness (QED) is 0.284. The molecule has 9 heteroatoms. The van der Waals surface area contributed by atoms with Crippen molar-refractivity contribution in [3.05, 3.63) is 102 Å². The van der Waals surface area contributed by atoms with Gasteiger partial charge in [0.2, 0.25) is 5.13 Å². The SMILES string of the molecule is COc1cccc(CC(CN2C(=O)c3ccccc3C2=O)Nc2nnc(-c3ccc4cnccc4c3)s2)c1. The molecule has 2 aromatic heterocycles. The predicted octanol–water partition coefficient (Wildman–Crippen LogP) is 5.08. The predicted molar refractivity (Wildman–Crippen MR) is 147 cm³/mol. The normalized spacial score (nSPS) is 13.6. The summed E-state index contributed by atoms with van der Waals surface area (Å²) in [6, 6.07) is 22.4. The highest BCUT2D eigenvalue weighted by atomic mass is 32.1. The van der Waals surface area contributed by atoms with E-state index in [-0.39, 0.29) is 24.4 Å². The van der Waals surface area contributed by atoms with Crippen molar-refractivity contribution in [3.8, 4) is 16.3 Å². The van der Waals surface area contributed by atoms with E-state index in [4.69, 9.17) is 4.74 Å². The van der Waals surface area contributed by atoms with Crippen LogP contribution in [0.15, 0.2) is 85.2 Å². The molecule has 0 saturated carbocycles. The number of anilines is 1. The number of nitrogens with zero attached hydrogens (tertiary/aromatic N) is 4. The number of methoxy groups -OCH3 is 1. The third-order valence-corrected chi connectivity index (χ3v) is 7.44. The Balaban J connectivity index is 1.27. The molecule has 188 valence electrons. The van der Waals surface area contributed by atoms with Crippen LogP contribution in [0.5, 0.6) is 5.75 Å². The van der Waals surface area contributed by atoms with Crippen molar-refractivity contribution >= 4 is 39.1 Å². The number of carbonyl (C=O) groups is 2. The monoisotopic (exact) mass is 521 g/mol. The Labute approximate surface area is 222 Å². The summed E-state index contributed by atoms with van der Waals surface area (Å²) in [7, 11) is 1.62. The summed E-state index contributed by atoms with van der Waals surface area (Å²) >= 11 is 1.43. The molecule has 5 aromatic rings. The minimum absolute atomic E-state index is 0.182. The summed E-state index contributed by atoms with van der Waals surface area (Å²) in [5, 5.41) is 15.7. The first-order valence-corrected chi connectivity index (χ1v) is 12.9. The Morgan fingerprint density at radius 3 is 2.53 bits per heavy atom. The number of fused-ring (bicyclic) bond motifs is 2. The summed E-state index contributed by atoms with van der Waals surface area (Å²) in [6.07, 6.45) is 4.14. The molecule has 3 heterocycles. The van der Waals surface area contributed by atoms with Crippen molar-refractivity contribution in [2.75, 3.05) is 19.0 Å². The van der Waals surface area contributed by atoms with Crippen LogP contribution in [-0.4, -0.2) is 51.6 Å². The summed E-state index contributed by atoms with van der Waals surface area (Å²) in [4.78, 5) is 31.6. The molecule has 1 atom stereocenters. The van der Waals surface area contributed by atoms with Crippen molar-refractivity contribution in [3.63, 3.8) is 0 Å². The van der Waals surface area contributed by atoms with Crippen LogP contribution in [0.4, 0.5) is 5.13 Å². The molecule has 38 heavy (non-hydrogen) atoms. The molecule has 0 aliphatic carbocycles. The van der Waals surface area contributed by atoms with Crippen LogP contribution in [0.2, 0.25) is 0 Å². The molecule has 2 amide bonds. The zero-order valence-corrected chi connectivity index (χ0v) is 21.3. The fraction of sp³-hybridized carbons (Fsp3) is 0.138. The molecule has 8 nitrogen and oxygen atoms in total. The number of aromatic nitrogens is 3. The summed E-state index contributed by atoms with van der Waals surface area (Å²) in [6.45, 7) is 0.182. The van der Waals surface area contributed by atoms with Crippen molar-refractivity contribution in [2.24, 2.45) is 0 Å². The van der Waals surface area contributed by atoms with Gasteiger partial charge in [0.15, 0.2) is 0 Å². The molecule has 0 radical (unpaired) electrons. The van der Waals surface area contributed by atoms with E-state index in [1.54, 1.807) is 37.6 Å². The number of amides is 2. The minimum Gasteiger partial charge on any atom is -0.497 e. The average molecular weight is 522 g/mol. The fourth-order valence-corrected chi connectivity index (χ4v) is 5.48. The van der Waals surface area contributed by atoms with Crippen molar-refractivity contribution in [1.29, 1.82) is 0 Å². The first-order chi connectivity index (χ1) is 18.6. The van der Waals surface area contributed by atoms with Gasteiger partial charge in [0.25, 0.3) is 11.8 Å². The second-order valence-corrected chi connectivity index (χ2v) is 9.99. The van der Waals surface area contributed by atoms with Gasteiger partial charge in [-0.1, -0.05) is 47.7 Å². The van der Waals surface area contributed by atoms with Gasteiger partial charge in [0.1, 0.15) is 10.8 Å². The Bertz CT molecular complexity index is 1630. The van der Waals surface area contributed by atoms with Gasteiger partial charge in [0.05, 0.1) is 24.3 Å². The zero-order valence-electron chi connectivity index (χ0n) is 20.5. The highest BCUT2D eigenvalue weighted by Crippen LogP contribution is 2.30. The molecule has 0 spiro atoms. The number of nitrogens with one attached hydrogen (secondary N) is 1. The topological polar surface area (TPSA) is 97.3 Å². The molecular formula is C29H23N5O3S. The lowest BCUT2D eigenvalue weighted by molar-refractivity contribution is 0.0647. The van der Waals surface area contributed by atoms with Crippen LogP contribution in [0, 0.1) is 0 Å². The third-order valence-electron chi connectivity index (χ3n) is 6.54. The third kappa shape index (κ3) is 4.59. The van der Waals surface area contributed by atoms with Crippen molar-refractivity contribution < 1.29 is 14.3 Å². The highest BCUT2D eigenvalue weighted by molar-refractivity contribution is 7.18. The van der Waals surface area contributed by atoms with E-state index < -0.39 is 0 Å². The van der Waals surface area contributed by atoms with E-state index in [1.165, 1.54) is 16.2 Å². The molecule has 6 rings (SSSR count). The molecule has 1 unspecified atom stereocenters. The van der Waals surface area contributed by atoms with Gasteiger partial charge in [-0.2, -0.15) is 0 Å². The Kier molecular flexibility index (Phi) is 6.27. The van der Waals surface area contributed by atoms with Gasteiger partial charge >= 0.3 is 0 Å². The van der Waals surface area contributed by atoms with Gasteiger partial charge in [-0.15, -0.1) is 10.2 Å². The average Bonchev–Trinajstić information content (AvgIpc) is 3.52. The Hall–Kier alpha value is -4.63. The Morgan fingerprint density at radius 1 is 0.921 bits per heavy atom. The van der Waals surface area contributed by atoms with Gasteiger partial charge in [-0.3, -0.25) is 19.5 Å². The number of benzene rings is 3. The van der Waals surface area contributed by atoms with Crippen LogP contribution < -0.4 is 10.1 Å². The fourth-order valence-electron chi connectivity index (χ4n) is 4.66. The van der Waals surface area contributed by atoms with E-state index in [0.29, 0.717) is 22.7 Å². The number of hydrogen-bond donors (Lipinski definition) is 1. The minimum atomic E-state index is -0.298. The molecule has 1 aliphatic heterocycles. The number of imide groups is 1. The lowest BCUT2D eigenvalue weighted by Gasteiger charge is -2.23. The first kappa shape index (κ1) is 23.7. The number of rotatable bonds is 8. The lowest BCUT2D eigenvalue weighted by atomic mass is 10.1. The zero-order chi connectivity index (χ0) is 26.1. The molecular weight excluding hydrogens is 498 g/mol. The summed E-state index contributed by atoms with van der Waals surface area (Å²) in [5.41, 5.74) is 2.83. The second-order valence-electron chi connectivity index (χ2n) is 9.01. The maximum Gasteiger partial charge on any atom is 0.261 e. The van der Waals surface area contributed by atoms with Crippen LogP contribution in [0.25, 0.3) is 21.3 Å². The van der Waals surface area contributed by atoms with Crippen LogP contribution in [0.3, 0.4) is 0 Å². The van der Waals surface area contributed by atoms with Gasteiger partial charge in [-0.05, 0) is 53.8 Å². The number of carbonyl (C=O) groups excluding carboxylic acids is 2. The molecule has 0 saturated heterocycles. The smallest absolute Gasteiger partial charge is 0.261 e. The van der Waals surface area contributed by atoms with Gasteiger partial charge in [-0.25, -0.2) is 0 Å². The number of hydrogen-bond acceptors (Lipinski definition) is 8. The van der Waals surface area contributed by atoms with E-state index in [2.05, 4.69) is 26.6 Å². The standard InChI is InChI=1S/C29H23N5O3S/c1-37-23-6-4-5-18(14-23)13-22(17-34-27(35)24-7-2-3-8-25(24)28(34)36)31-29-33-32-26(38-29)20-9-10-21-16-30-12-11-19(21)15-20/h2-12,14-16,22H,13,17H2,1H3,(H,31,33). The lowest BCUT2D eigenvalue weighted by Crippen LogP contribution is -2.41. The van der Waals surface area contributed by atoms with Crippen molar-refractivity contribution in [2.45, 2.75) is 12.5 Å². The number of ether oxygens (including phenoxy) is 1. The highest BCUT2D eigenvalue weighted by Gasteiger charge is 2.36. The molecule has 0 fully saturated rings. The molecule has 0 bridgehead atoms. The van der Waals surface area contributed by atoms with Crippen LogP contribution in [-0.2, 0) is 6.42 Å². The number of pyridine rings is 1. The summed E-state index contributed by atoms with van der Waals surface area (Å²) < 4.78 is 5.38. The van der Waals surface area contributed by atoms with E-state index in [9.17, 15) is 9.59 Å². The van der Waals surface area contributed by atoms with E-state index in [1.807, 2.05) is 48.7 Å². The molecule has 1 aliphatic rings. The second kappa shape index (κ2) is 10.0. The first-order valence-electron chi connectivity index (χ1n) is 12.1. The van der Waals surface area contributed by atoms with Crippen molar-refractivity contribution in [1.82, 2.24) is 20.1 Å². The largest absolute Gasteiger partial charge is 0.497 e. The maximum atomic E-state index is 13.1. The summed E-state index contributed by atoms with van der Waals surface area (Å²) in [5.74, 6) is 0.171. The van der Waals surface area contributed by atoms with Gasteiger partial charge < -0.3 is 10.1 Å².